The summed E-state index contributed by atoms with van der Waals surface area (Å²) < 4.78 is 1.69. The van der Waals surface area contributed by atoms with E-state index in [0.29, 0.717) is 11.9 Å². The molecule has 0 aliphatic carbocycles. The maximum absolute atomic E-state index is 5.61. The Morgan fingerprint density at radius 1 is 1.50 bits per heavy atom. The Morgan fingerprint density at radius 2 is 2.38 bits per heavy atom. The molecule has 6 heteroatoms. The summed E-state index contributed by atoms with van der Waals surface area (Å²) in [4.78, 5) is 8.98. The van der Waals surface area contributed by atoms with E-state index in [1.165, 1.54) is 0 Å². The number of thioether (sulfide) groups is 1. The van der Waals surface area contributed by atoms with Crippen LogP contribution in [-0.4, -0.2) is 31.4 Å². The third kappa shape index (κ3) is 1.55. The SMILES string of the molecule is C[C@@H]1CSC(c2cn3nc(N)ccc3n2)=N1. The molecule has 2 aromatic heterocycles. The van der Waals surface area contributed by atoms with E-state index in [9.17, 15) is 0 Å². The minimum Gasteiger partial charge on any atom is -0.382 e. The summed E-state index contributed by atoms with van der Waals surface area (Å²) in [5.74, 6) is 1.52. The molecule has 0 saturated carbocycles. The molecule has 0 unspecified atom stereocenters. The van der Waals surface area contributed by atoms with Crippen molar-refractivity contribution in [1.82, 2.24) is 14.6 Å². The van der Waals surface area contributed by atoms with E-state index >= 15 is 0 Å². The van der Waals surface area contributed by atoms with E-state index in [1.54, 1.807) is 22.3 Å². The lowest BCUT2D eigenvalue weighted by Crippen LogP contribution is -1.95. The molecule has 0 amide bonds. The Balaban J connectivity index is 2.09. The van der Waals surface area contributed by atoms with Gasteiger partial charge in [0.05, 0.1) is 12.2 Å². The van der Waals surface area contributed by atoms with Crippen LogP contribution >= 0.6 is 11.8 Å². The number of nitrogen functional groups attached to an aromatic ring is 1. The second-order valence-corrected chi connectivity index (χ2v) is 4.79. The Labute approximate surface area is 96.8 Å². The second-order valence-electron chi connectivity index (χ2n) is 3.78. The lowest BCUT2D eigenvalue weighted by atomic mass is 10.4. The fourth-order valence-electron chi connectivity index (χ4n) is 1.61. The second kappa shape index (κ2) is 3.48. The molecular formula is C10H11N5S. The Hall–Kier alpha value is -1.56. The van der Waals surface area contributed by atoms with Crippen molar-refractivity contribution in [2.45, 2.75) is 13.0 Å². The van der Waals surface area contributed by atoms with E-state index in [-0.39, 0.29) is 0 Å². The van der Waals surface area contributed by atoms with E-state index in [4.69, 9.17) is 5.73 Å². The highest BCUT2D eigenvalue weighted by molar-refractivity contribution is 8.14. The molecule has 82 valence electrons. The number of nitrogens with two attached hydrogens (primary N) is 1. The van der Waals surface area contributed by atoms with Gasteiger partial charge in [-0.1, -0.05) is 0 Å². The van der Waals surface area contributed by atoms with Gasteiger partial charge < -0.3 is 5.73 Å². The first-order chi connectivity index (χ1) is 7.72. The Kier molecular flexibility index (Phi) is 2.10. The number of imidazole rings is 1. The highest BCUT2D eigenvalue weighted by Crippen LogP contribution is 2.22. The number of aliphatic imine (C=N–C) groups is 1. The number of fused-ring (bicyclic) bond motifs is 1. The minimum atomic E-state index is 0.378. The number of anilines is 1. The summed E-state index contributed by atoms with van der Waals surface area (Å²) in [6.07, 6.45) is 1.87. The van der Waals surface area contributed by atoms with Crippen molar-refractivity contribution in [3.8, 4) is 0 Å². The predicted octanol–water partition coefficient (Wildman–Crippen LogP) is 1.19. The molecule has 0 radical (unpaired) electrons. The molecule has 0 saturated heterocycles. The lowest BCUT2D eigenvalue weighted by molar-refractivity contribution is 0.865. The third-order valence-corrected chi connectivity index (χ3v) is 3.60. The van der Waals surface area contributed by atoms with Gasteiger partial charge in [-0.2, -0.15) is 0 Å². The van der Waals surface area contributed by atoms with Gasteiger partial charge in [-0.05, 0) is 19.1 Å². The van der Waals surface area contributed by atoms with Crippen molar-refractivity contribution >= 4 is 28.3 Å². The van der Waals surface area contributed by atoms with Crippen molar-refractivity contribution in [2.24, 2.45) is 4.99 Å². The van der Waals surface area contributed by atoms with Gasteiger partial charge in [0.2, 0.25) is 0 Å². The van der Waals surface area contributed by atoms with E-state index < -0.39 is 0 Å². The van der Waals surface area contributed by atoms with Crippen LogP contribution in [0.25, 0.3) is 5.65 Å². The predicted molar refractivity (Wildman–Crippen MR) is 65.9 cm³/mol. The Bertz CT molecular complexity index is 574. The van der Waals surface area contributed by atoms with Crippen molar-refractivity contribution in [2.75, 3.05) is 11.5 Å². The average molecular weight is 233 g/mol. The molecule has 3 rings (SSSR count). The molecule has 2 N–H and O–H groups in total. The van der Waals surface area contributed by atoms with Crippen LogP contribution in [0.1, 0.15) is 12.6 Å². The molecule has 0 bridgehead atoms. The zero-order valence-corrected chi connectivity index (χ0v) is 9.61. The molecule has 1 aliphatic heterocycles. The maximum atomic E-state index is 5.61. The smallest absolute Gasteiger partial charge is 0.154 e. The van der Waals surface area contributed by atoms with Gasteiger partial charge in [0.1, 0.15) is 16.6 Å². The van der Waals surface area contributed by atoms with Crippen molar-refractivity contribution in [1.29, 1.82) is 0 Å². The summed E-state index contributed by atoms with van der Waals surface area (Å²) >= 11 is 1.74. The highest BCUT2D eigenvalue weighted by atomic mass is 32.2. The molecular weight excluding hydrogens is 222 g/mol. The number of hydrogen-bond donors (Lipinski definition) is 1. The molecule has 2 aromatic rings. The molecule has 16 heavy (non-hydrogen) atoms. The van der Waals surface area contributed by atoms with Crippen LogP contribution in [0, 0.1) is 0 Å². The summed E-state index contributed by atoms with van der Waals surface area (Å²) in [7, 11) is 0. The zero-order valence-electron chi connectivity index (χ0n) is 8.79. The first-order valence-electron chi connectivity index (χ1n) is 5.05. The standard InChI is InChI=1S/C10H11N5S/c1-6-5-16-10(12-6)7-4-15-9(13-7)3-2-8(11)14-15/h2-4,6H,5H2,1H3,(H2,11,14)/t6-/m1/s1. The van der Waals surface area contributed by atoms with Crippen molar-refractivity contribution in [3.05, 3.63) is 24.0 Å². The average Bonchev–Trinajstić information content (AvgIpc) is 2.83. The first kappa shape index (κ1) is 9.65. The van der Waals surface area contributed by atoms with Crippen LogP contribution in [0.2, 0.25) is 0 Å². The van der Waals surface area contributed by atoms with E-state index in [2.05, 4.69) is 22.0 Å². The van der Waals surface area contributed by atoms with E-state index in [1.807, 2.05) is 12.3 Å². The summed E-state index contributed by atoms with van der Waals surface area (Å²) in [6, 6.07) is 3.98. The number of nitrogens with zero attached hydrogens (tertiary/aromatic N) is 4. The minimum absolute atomic E-state index is 0.378. The van der Waals surface area contributed by atoms with Crippen LogP contribution in [0.4, 0.5) is 5.82 Å². The normalized spacial score (nSPS) is 20.3. The maximum Gasteiger partial charge on any atom is 0.154 e. The van der Waals surface area contributed by atoms with Gasteiger partial charge in [-0.25, -0.2) is 9.50 Å². The third-order valence-electron chi connectivity index (χ3n) is 2.36. The van der Waals surface area contributed by atoms with Crippen molar-refractivity contribution in [3.63, 3.8) is 0 Å². The van der Waals surface area contributed by atoms with Gasteiger partial charge in [0.25, 0.3) is 0 Å². The number of rotatable bonds is 1. The summed E-state index contributed by atoms with van der Waals surface area (Å²) in [5.41, 5.74) is 7.29. The largest absolute Gasteiger partial charge is 0.382 e. The van der Waals surface area contributed by atoms with Gasteiger partial charge in [-0.3, -0.25) is 4.99 Å². The molecule has 5 nitrogen and oxygen atoms in total. The van der Waals surface area contributed by atoms with Crippen LogP contribution < -0.4 is 5.73 Å². The molecule has 3 heterocycles. The highest BCUT2D eigenvalue weighted by Gasteiger charge is 2.18. The summed E-state index contributed by atoms with van der Waals surface area (Å²) in [6.45, 7) is 2.10. The van der Waals surface area contributed by atoms with Crippen LogP contribution in [-0.2, 0) is 0 Å². The fraction of sp³-hybridized carbons (Fsp3) is 0.300. The fourth-order valence-corrected chi connectivity index (χ4v) is 2.59. The van der Waals surface area contributed by atoms with Crippen LogP contribution in [0.5, 0.6) is 0 Å². The van der Waals surface area contributed by atoms with E-state index in [0.717, 1.165) is 22.1 Å². The lowest BCUT2D eigenvalue weighted by Gasteiger charge is -1.91. The monoisotopic (exact) mass is 233 g/mol. The molecule has 0 spiro atoms. The molecule has 1 atom stereocenters. The van der Waals surface area contributed by atoms with Crippen LogP contribution in [0.15, 0.2) is 23.3 Å². The van der Waals surface area contributed by atoms with Gasteiger partial charge in [-0.15, -0.1) is 16.9 Å². The summed E-state index contributed by atoms with van der Waals surface area (Å²) in [5, 5.41) is 5.15. The number of hydrogen-bond acceptors (Lipinski definition) is 5. The topological polar surface area (TPSA) is 68.6 Å². The first-order valence-corrected chi connectivity index (χ1v) is 6.04. The van der Waals surface area contributed by atoms with Gasteiger partial charge >= 0.3 is 0 Å². The van der Waals surface area contributed by atoms with Gasteiger partial charge in [0.15, 0.2) is 5.65 Å². The zero-order chi connectivity index (χ0) is 11.1. The quantitative estimate of drug-likeness (QED) is 0.803. The number of aromatic nitrogens is 3. The van der Waals surface area contributed by atoms with Crippen molar-refractivity contribution < 1.29 is 0 Å². The van der Waals surface area contributed by atoms with Crippen LogP contribution in [0.3, 0.4) is 0 Å². The molecule has 0 aromatic carbocycles. The van der Waals surface area contributed by atoms with Gasteiger partial charge in [0, 0.05) is 5.75 Å². The molecule has 1 aliphatic rings. The molecule has 0 fully saturated rings. The Morgan fingerprint density at radius 3 is 3.12 bits per heavy atom.